The molecule has 0 spiro atoms. The molecule has 6 nitrogen and oxygen atoms in total. The number of aromatic nitrogens is 2. The maximum atomic E-state index is 13.7. The van der Waals surface area contributed by atoms with Crippen LogP contribution in [0.1, 0.15) is 21.7 Å². The van der Waals surface area contributed by atoms with Crippen molar-refractivity contribution < 1.29 is 14.3 Å². The van der Waals surface area contributed by atoms with Crippen molar-refractivity contribution in [3.05, 3.63) is 47.3 Å². The Kier molecular flexibility index (Phi) is 3.79. The van der Waals surface area contributed by atoms with Crippen LogP contribution >= 0.6 is 0 Å². The second kappa shape index (κ2) is 5.52. The van der Waals surface area contributed by atoms with Crippen LogP contribution < -0.4 is 11.1 Å². The molecule has 0 aliphatic rings. The molecule has 1 aromatic carbocycles. The van der Waals surface area contributed by atoms with Crippen LogP contribution in [0.25, 0.3) is 0 Å². The van der Waals surface area contributed by atoms with Gasteiger partial charge < -0.3 is 16.2 Å². The summed E-state index contributed by atoms with van der Waals surface area (Å²) in [5.74, 6) is -1.83. The number of carboxylic acids is 1. The van der Waals surface area contributed by atoms with E-state index in [4.69, 9.17) is 10.8 Å². The van der Waals surface area contributed by atoms with E-state index in [-0.39, 0.29) is 23.5 Å². The zero-order valence-corrected chi connectivity index (χ0v) is 10.7. The van der Waals surface area contributed by atoms with Crippen LogP contribution in [0.4, 0.5) is 15.8 Å². The molecule has 0 radical (unpaired) electrons. The Morgan fingerprint density at radius 2 is 2.15 bits per heavy atom. The fraction of sp³-hybridized carbons (Fsp3) is 0.154. The monoisotopic (exact) mass is 276 g/mol. The van der Waals surface area contributed by atoms with Crippen molar-refractivity contribution >= 4 is 17.3 Å². The van der Waals surface area contributed by atoms with Gasteiger partial charge in [0.05, 0.1) is 35.4 Å². The molecule has 0 bridgehead atoms. The minimum absolute atomic E-state index is 0.0546. The zero-order chi connectivity index (χ0) is 14.7. The van der Waals surface area contributed by atoms with E-state index in [0.29, 0.717) is 5.69 Å². The highest BCUT2D eigenvalue weighted by Gasteiger charge is 2.13. The van der Waals surface area contributed by atoms with Crippen LogP contribution in [-0.2, 0) is 6.54 Å². The molecule has 0 unspecified atom stereocenters. The van der Waals surface area contributed by atoms with Crippen molar-refractivity contribution in [2.24, 2.45) is 0 Å². The van der Waals surface area contributed by atoms with Crippen molar-refractivity contribution in [3.8, 4) is 0 Å². The summed E-state index contributed by atoms with van der Waals surface area (Å²) in [5.41, 5.74) is 6.63. The van der Waals surface area contributed by atoms with E-state index in [2.05, 4.69) is 15.3 Å². The average Bonchev–Trinajstić information content (AvgIpc) is 2.39. The summed E-state index contributed by atoms with van der Waals surface area (Å²) in [4.78, 5) is 19.1. The molecule has 0 saturated heterocycles. The number of carbonyl (C=O) groups is 1. The Morgan fingerprint density at radius 1 is 1.40 bits per heavy atom. The standard InChI is InChI=1S/C13H13FN4O2/c1-7-4-17-8(5-16-7)6-18-12-2-9(13(19)20)11(15)3-10(12)14/h2-5,18H,6,15H2,1H3,(H,19,20). The minimum atomic E-state index is -1.21. The molecule has 7 heteroatoms. The molecule has 0 aliphatic carbocycles. The van der Waals surface area contributed by atoms with Crippen LogP contribution in [-0.4, -0.2) is 21.0 Å². The molecular weight excluding hydrogens is 263 g/mol. The van der Waals surface area contributed by atoms with E-state index in [0.717, 1.165) is 17.8 Å². The summed E-state index contributed by atoms with van der Waals surface area (Å²) in [5, 5.41) is 11.7. The number of aryl methyl sites for hydroxylation is 1. The van der Waals surface area contributed by atoms with Gasteiger partial charge >= 0.3 is 5.97 Å². The molecule has 104 valence electrons. The highest BCUT2D eigenvalue weighted by molar-refractivity contribution is 5.94. The number of benzene rings is 1. The first kappa shape index (κ1) is 13.7. The second-order valence-electron chi connectivity index (χ2n) is 4.23. The van der Waals surface area contributed by atoms with Crippen LogP contribution in [0.3, 0.4) is 0 Å². The number of nitrogens with zero attached hydrogens (tertiary/aromatic N) is 2. The molecule has 1 aromatic heterocycles. The highest BCUT2D eigenvalue weighted by Crippen LogP contribution is 2.22. The molecular formula is C13H13FN4O2. The first-order valence-electron chi connectivity index (χ1n) is 5.81. The predicted octanol–water partition coefficient (Wildman–Crippen LogP) is 1.82. The maximum absolute atomic E-state index is 13.7. The smallest absolute Gasteiger partial charge is 0.337 e. The first-order valence-corrected chi connectivity index (χ1v) is 5.81. The summed E-state index contributed by atoms with van der Waals surface area (Å²) in [7, 11) is 0. The van der Waals surface area contributed by atoms with Gasteiger partial charge in [0.25, 0.3) is 0 Å². The van der Waals surface area contributed by atoms with Gasteiger partial charge in [-0.3, -0.25) is 9.97 Å². The number of halogens is 1. The van der Waals surface area contributed by atoms with Gasteiger partial charge in [0.15, 0.2) is 0 Å². The summed E-state index contributed by atoms with van der Waals surface area (Å²) < 4.78 is 13.7. The molecule has 2 aromatic rings. The predicted molar refractivity (Wildman–Crippen MR) is 71.9 cm³/mol. The van der Waals surface area contributed by atoms with E-state index in [1.807, 2.05) is 6.92 Å². The number of rotatable bonds is 4. The lowest BCUT2D eigenvalue weighted by Crippen LogP contribution is -2.08. The van der Waals surface area contributed by atoms with Gasteiger partial charge in [0.1, 0.15) is 5.82 Å². The van der Waals surface area contributed by atoms with Crippen molar-refractivity contribution in [1.29, 1.82) is 0 Å². The summed E-state index contributed by atoms with van der Waals surface area (Å²) in [6, 6.07) is 2.14. The van der Waals surface area contributed by atoms with Gasteiger partial charge in [-0.25, -0.2) is 9.18 Å². The number of nitrogens with two attached hydrogens (primary N) is 1. The number of aromatic carboxylic acids is 1. The Balaban J connectivity index is 2.18. The number of nitrogens with one attached hydrogen (secondary N) is 1. The highest BCUT2D eigenvalue weighted by atomic mass is 19.1. The molecule has 4 N–H and O–H groups in total. The van der Waals surface area contributed by atoms with Crippen LogP contribution in [0, 0.1) is 12.7 Å². The van der Waals surface area contributed by atoms with Crippen LogP contribution in [0.15, 0.2) is 24.5 Å². The van der Waals surface area contributed by atoms with Gasteiger partial charge in [-0.15, -0.1) is 0 Å². The average molecular weight is 276 g/mol. The Bertz CT molecular complexity index is 644. The molecule has 0 fully saturated rings. The topological polar surface area (TPSA) is 101 Å². The van der Waals surface area contributed by atoms with Gasteiger partial charge in [0.2, 0.25) is 0 Å². The summed E-state index contributed by atoms with van der Waals surface area (Å²) in [6.07, 6.45) is 3.16. The number of hydrogen-bond acceptors (Lipinski definition) is 5. The molecule has 0 amide bonds. The number of nitrogen functional groups attached to an aromatic ring is 1. The third-order valence-electron chi connectivity index (χ3n) is 2.66. The number of hydrogen-bond donors (Lipinski definition) is 3. The van der Waals surface area contributed by atoms with Crippen molar-refractivity contribution in [2.45, 2.75) is 13.5 Å². The van der Waals surface area contributed by atoms with Crippen molar-refractivity contribution in [3.63, 3.8) is 0 Å². The van der Waals surface area contributed by atoms with Crippen molar-refractivity contribution in [1.82, 2.24) is 9.97 Å². The largest absolute Gasteiger partial charge is 0.478 e. The quantitative estimate of drug-likeness (QED) is 0.736. The molecule has 0 saturated carbocycles. The van der Waals surface area contributed by atoms with Gasteiger partial charge in [-0.05, 0) is 19.1 Å². The maximum Gasteiger partial charge on any atom is 0.337 e. The minimum Gasteiger partial charge on any atom is -0.478 e. The Hall–Kier alpha value is -2.70. The molecule has 2 rings (SSSR count). The fourth-order valence-corrected chi connectivity index (χ4v) is 1.61. The van der Waals surface area contributed by atoms with E-state index in [1.165, 1.54) is 0 Å². The molecule has 20 heavy (non-hydrogen) atoms. The van der Waals surface area contributed by atoms with Crippen molar-refractivity contribution in [2.75, 3.05) is 11.1 Å². The molecule has 1 heterocycles. The normalized spacial score (nSPS) is 10.3. The third-order valence-corrected chi connectivity index (χ3v) is 2.66. The Labute approximate surface area is 114 Å². The number of anilines is 2. The number of carboxylic acid groups (broad SMARTS) is 1. The van der Waals surface area contributed by atoms with E-state index >= 15 is 0 Å². The van der Waals surface area contributed by atoms with E-state index in [1.54, 1.807) is 12.4 Å². The lowest BCUT2D eigenvalue weighted by atomic mass is 10.1. The summed E-state index contributed by atoms with van der Waals surface area (Å²) in [6.45, 7) is 2.04. The first-order chi connectivity index (χ1) is 9.47. The third kappa shape index (κ3) is 3.00. The molecule has 0 atom stereocenters. The summed E-state index contributed by atoms with van der Waals surface area (Å²) >= 11 is 0. The van der Waals surface area contributed by atoms with E-state index < -0.39 is 11.8 Å². The fourth-order valence-electron chi connectivity index (χ4n) is 1.61. The van der Waals surface area contributed by atoms with Gasteiger partial charge in [-0.2, -0.15) is 0 Å². The van der Waals surface area contributed by atoms with Gasteiger partial charge in [-0.1, -0.05) is 0 Å². The molecule has 0 aliphatic heterocycles. The van der Waals surface area contributed by atoms with Gasteiger partial charge in [0, 0.05) is 11.9 Å². The second-order valence-corrected chi connectivity index (χ2v) is 4.23. The van der Waals surface area contributed by atoms with Crippen LogP contribution in [0.2, 0.25) is 0 Å². The zero-order valence-electron chi connectivity index (χ0n) is 10.7. The lowest BCUT2D eigenvalue weighted by molar-refractivity contribution is 0.0698. The van der Waals surface area contributed by atoms with E-state index in [9.17, 15) is 9.18 Å². The van der Waals surface area contributed by atoms with Crippen LogP contribution in [0.5, 0.6) is 0 Å². The SMILES string of the molecule is Cc1cnc(CNc2cc(C(=O)O)c(N)cc2F)cn1. The lowest BCUT2D eigenvalue weighted by Gasteiger charge is -2.10. The Morgan fingerprint density at radius 3 is 2.75 bits per heavy atom.